The first-order valence-electron chi connectivity index (χ1n) is 6.05. The van der Waals surface area contributed by atoms with Crippen LogP contribution in [0.2, 0.25) is 0 Å². The highest BCUT2D eigenvalue weighted by Gasteiger charge is 2.23. The molecule has 116 valence electrons. The van der Waals surface area contributed by atoms with E-state index >= 15 is 0 Å². The Bertz CT molecular complexity index is 508. The van der Waals surface area contributed by atoms with Gasteiger partial charge in [0.05, 0.1) is 6.20 Å². The molecule has 1 aromatic heterocycles. The molecule has 0 amide bonds. The van der Waals surface area contributed by atoms with Gasteiger partial charge in [-0.2, -0.15) is 13.9 Å². The zero-order valence-electron chi connectivity index (χ0n) is 11.3. The fourth-order valence-corrected chi connectivity index (χ4v) is 2.64. The van der Waals surface area contributed by atoms with Gasteiger partial charge in [0.15, 0.2) is 0 Å². The molecule has 0 saturated carbocycles. The molecule has 0 aliphatic carbocycles. The van der Waals surface area contributed by atoms with Gasteiger partial charge in [-0.1, -0.05) is 0 Å². The lowest BCUT2D eigenvalue weighted by molar-refractivity contribution is 0.236. The largest absolute Gasteiger partial charge is 0.306 e. The van der Waals surface area contributed by atoms with Crippen molar-refractivity contribution >= 4 is 29.0 Å². The summed E-state index contributed by atoms with van der Waals surface area (Å²) in [5.74, 6) is -0.681. The van der Waals surface area contributed by atoms with Gasteiger partial charge in [-0.15, -0.1) is 12.4 Å². The molecule has 0 spiro atoms. The number of aryl methyl sites for hydroxylation is 1. The smallest absolute Gasteiger partial charge is 0.238 e. The van der Waals surface area contributed by atoms with E-state index in [4.69, 9.17) is 0 Å². The van der Waals surface area contributed by atoms with Crippen LogP contribution in [0.1, 0.15) is 12.8 Å². The van der Waals surface area contributed by atoms with Crippen LogP contribution in [-0.4, -0.2) is 49.3 Å². The Morgan fingerprint density at radius 3 is 2.45 bits per heavy atom. The Morgan fingerprint density at radius 2 is 2.00 bits per heavy atom. The molecule has 7 nitrogen and oxygen atoms in total. The average Bonchev–Trinajstić information content (AvgIpc) is 2.69. The Morgan fingerprint density at radius 1 is 1.40 bits per heavy atom. The van der Waals surface area contributed by atoms with Crippen LogP contribution < -0.4 is 9.84 Å². The number of nitrogens with one attached hydrogen (secondary N) is 1. The number of piperidine rings is 1. The minimum atomic E-state index is -2.96. The summed E-state index contributed by atoms with van der Waals surface area (Å²) in [4.78, 5) is 2.17. The van der Waals surface area contributed by atoms with E-state index in [-0.39, 0.29) is 24.1 Å². The van der Waals surface area contributed by atoms with Crippen molar-refractivity contribution in [2.45, 2.75) is 18.9 Å². The third-order valence-electron chi connectivity index (χ3n) is 3.26. The highest BCUT2D eigenvalue weighted by atomic mass is 35.5. The van der Waals surface area contributed by atoms with E-state index in [9.17, 15) is 12.8 Å². The lowest BCUT2D eigenvalue weighted by Crippen LogP contribution is -2.49. The van der Waals surface area contributed by atoms with E-state index in [1.807, 2.05) is 7.05 Å². The van der Waals surface area contributed by atoms with Gasteiger partial charge in [0, 0.05) is 13.1 Å². The SMILES string of the molecule is CN1CCC(NN(c2cnn(C)c2F)[SH](=O)=O)CC1.Cl. The number of thiol groups is 1. The second kappa shape index (κ2) is 7.21. The molecule has 2 heterocycles. The summed E-state index contributed by atoms with van der Waals surface area (Å²) in [6.07, 6.45) is 2.83. The average molecular weight is 328 g/mol. The highest BCUT2D eigenvalue weighted by Crippen LogP contribution is 2.18. The topological polar surface area (TPSA) is 70.5 Å². The molecule has 1 aliphatic rings. The minimum absolute atomic E-state index is 0. The van der Waals surface area contributed by atoms with Gasteiger partial charge in [-0.25, -0.2) is 18.5 Å². The molecule has 0 aromatic carbocycles. The van der Waals surface area contributed by atoms with Crippen molar-refractivity contribution in [1.82, 2.24) is 20.1 Å². The Labute approximate surface area is 125 Å². The summed E-state index contributed by atoms with van der Waals surface area (Å²) in [5, 5.41) is 3.71. The van der Waals surface area contributed by atoms with E-state index in [0.29, 0.717) is 0 Å². The number of hydrogen-bond donors (Lipinski definition) is 2. The second-order valence-corrected chi connectivity index (χ2v) is 5.58. The fraction of sp³-hybridized carbons (Fsp3) is 0.700. The zero-order chi connectivity index (χ0) is 14.0. The predicted molar refractivity (Wildman–Crippen MR) is 76.9 cm³/mol. The molecule has 1 saturated heterocycles. The van der Waals surface area contributed by atoms with Gasteiger partial charge >= 0.3 is 0 Å². The molecule has 1 aromatic rings. The van der Waals surface area contributed by atoms with Gasteiger partial charge < -0.3 is 4.90 Å². The highest BCUT2D eigenvalue weighted by molar-refractivity contribution is 7.73. The van der Waals surface area contributed by atoms with Crippen molar-refractivity contribution in [1.29, 1.82) is 0 Å². The molecular formula is C10H19ClFN5O2S. The number of hydrogen-bond acceptors (Lipinski definition) is 5. The number of nitrogens with zero attached hydrogens (tertiary/aromatic N) is 4. The van der Waals surface area contributed by atoms with Crippen molar-refractivity contribution in [2.75, 3.05) is 24.6 Å². The number of likely N-dealkylation sites (tertiary alicyclic amines) is 1. The minimum Gasteiger partial charge on any atom is -0.306 e. The normalized spacial score (nSPS) is 17.2. The number of aromatic nitrogens is 2. The van der Waals surface area contributed by atoms with E-state index in [1.54, 1.807) is 0 Å². The van der Waals surface area contributed by atoms with Gasteiger partial charge in [-0.3, -0.25) is 0 Å². The maximum Gasteiger partial charge on any atom is 0.238 e. The monoisotopic (exact) mass is 327 g/mol. The summed E-state index contributed by atoms with van der Waals surface area (Å²) in [7, 11) is 0.474. The van der Waals surface area contributed by atoms with E-state index < -0.39 is 16.8 Å². The summed E-state index contributed by atoms with van der Waals surface area (Å²) in [6.45, 7) is 1.77. The molecule has 20 heavy (non-hydrogen) atoms. The first-order valence-corrected chi connectivity index (χ1v) is 7.18. The van der Waals surface area contributed by atoms with Crippen LogP contribution in [0.5, 0.6) is 0 Å². The second-order valence-electron chi connectivity index (χ2n) is 4.70. The van der Waals surface area contributed by atoms with Crippen molar-refractivity contribution in [3.63, 3.8) is 0 Å². The van der Waals surface area contributed by atoms with E-state index in [2.05, 4.69) is 15.4 Å². The Balaban J connectivity index is 0.00000200. The van der Waals surface area contributed by atoms with Crippen LogP contribution in [0.25, 0.3) is 0 Å². The number of hydrazine groups is 1. The number of anilines is 1. The number of halogens is 2. The van der Waals surface area contributed by atoms with Crippen molar-refractivity contribution < 1.29 is 12.8 Å². The molecule has 1 fully saturated rings. The van der Waals surface area contributed by atoms with Crippen LogP contribution in [-0.2, 0) is 17.9 Å². The van der Waals surface area contributed by atoms with Crippen molar-refractivity contribution in [2.24, 2.45) is 7.05 Å². The molecule has 0 bridgehead atoms. The quantitative estimate of drug-likeness (QED) is 0.597. The van der Waals surface area contributed by atoms with Crippen LogP contribution in [0.4, 0.5) is 10.1 Å². The van der Waals surface area contributed by atoms with Crippen LogP contribution in [0.3, 0.4) is 0 Å². The predicted octanol–water partition coefficient (Wildman–Crippen LogP) is -0.0874. The maximum atomic E-state index is 13.7. The summed E-state index contributed by atoms with van der Waals surface area (Å²) < 4.78 is 38.2. The first-order chi connectivity index (χ1) is 8.99. The lowest BCUT2D eigenvalue weighted by Gasteiger charge is -2.32. The summed E-state index contributed by atoms with van der Waals surface area (Å²) in [6, 6.07) is 0.0173. The molecule has 1 aliphatic heterocycles. The molecule has 0 unspecified atom stereocenters. The van der Waals surface area contributed by atoms with Crippen LogP contribution >= 0.6 is 12.4 Å². The van der Waals surface area contributed by atoms with E-state index in [0.717, 1.165) is 35.0 Å². The first kappa shape index (κ1) is 17.2. The van der Waals surface area contributed by atoms with Crippen LogP contribution in [0.15, 0.2) is 6.20 Å². The molecular weight excluding hydrogens is 309 g/mol. The third kappa shape index (κ3) is 3.81. The molecule has 0 radical (unpaired) electrons. The summed E-state index contributed by atoms with van der Waals surface area (Å²) >= 11 is 0. The lowest BCUT2D eigenvalue weighted by atomic mass is 10.1. The maximum absolute atomic E-state index is 13.7. The van der Waals surface area contributed by atoms with Crippen molar-refractivity contribution in [3.8, 4) is 0 Å². The molecule has 0 atom stereocenters. The zero-order valence-corrected chi connectivity index (χ0v) is 13.0. The van der Waals surface area contributed by atoms with Gasteiger partial charge in [0.25, 0.3) is 0 Å². The number of rotatable bonds is 4. The van der Waals surface area contributed by atoms with Crippen LogP contribution in [0, 0.1) is 5.95 Å². The van der Waals surface area contributed by atoms with Crippen molar-refractivity contribution in [3.05, 3.63) is 12.1 Å². The van der Waals surface area contributed by atoms with Gasteiger partial charge in [0.2, 0.25) is 16.8 Å². The fourth-order valence-electron chi connectivity index (χ4n) is 2.07. The molecule has 1 N–H and O–H groups in total. The molecule has 10 heteroatoms. The van der Waals surface area contributed by atoms with Gasteiger partial charge in [-0.05, 0) is 33.0 Å². The van der Waals surface area contributed by atoms with E-state index in [1.165, 1.54) is 13.2 Å². The molecule has 2 rings (SSSR count). The standard InChI is InChI=1S/C10H18FN5O2S.ClH/c1-14-5-3-8(4-6-14)13-16(19(17)18)9-7-12-15(2)10(9)11;/h7-8,13,19H,3-6H2,1-2H3;1H. The Hall–Kier alpha value is -0.900. The third-order valence-corrected chi connectivity index (χ3v) is 3.92. The van der Waals surface area contributed by atoms with Gasteiger partial charge in [0.1, 0.15) is 5.69 Å². The Kier molecular flexibility index (Phi) is 6.18. The summed E-state index contributed by atoms with van der Waals surface area (Å²) in [5.41, 5.74) is 2.79.